The van der Waals surface area contributed by atoms with Crippen LogP contribution in [0, 0.1) is 0 Å². The molecule has 1 aliphatic rings. The van der Waals surface area contributed by atoms with Crippen molar-refractivity contribution in [2.45, 2.75) is 25.3 Å². The number of carbonyl (C=O) groups excluding carboxylic acids is 2. The summed E-state index contributed by atoms with van der Waals surface area (Å²) in [6, 6.07) is 7.65. The van der Waals surface area contributed by atoms with Gasteiger partial charge in [0.2, 0.25) is 11.8 Å². The van der Waals surface area contributed by atoms with E-state index in [2.05, 4.69) is 5.32 Å². The average Bonchev–Trinajstić information content (AvgIpc) is 2.56. The van der Waals surface area contributed by atoms with E-state index in [0.29, 0.717) is 19.5 Å². The number of alkyl halides is 1. The molecule has 0 aromatic heterocycles. The molecule has 1 N–H and O–H groups in total. The van der Waals surface area contributed by atoms with Crippen molar-refractivity contribution >= 4 is 23.4 Å². The topological polar surface area (TPSA) is 58.6 Å². The number of piperidine rings is 1. The van der Waals surface area contributed by atoms with Crippen LogP contribution in [-0.4, -0.2) is 48.8 Å². The number of ether oxygens (including phenoxy) is 1. The Bertz CT molecular complexity index is 511. The Labute approximate surface area is 135 Å². The number of likely N-dealkylation sites (tertiary alicyclic amines) is 1. The van der Waals surface area contributed by atoms with Gasteiger partial charge in [-0.15, -0.1) is 11.6 Å². The summed E-state index contributed by atoms with van der Waals surface area (Å²) in [5.41, 5.74) is 0.975. The van der Waals surface area contributed by atoms with Crippen molar-refractivity contribution in [3.8, 4) is 5.75 Å². The number of methoxy groups -OCH3 is 1. The van der Waals surface area contributed by atoms with Gasteiger partial charge in [-0.25, -0.2) is 0 Å². The summed E-state index contributed by atoms with van der Waals surface area (Å²) in [7, 11) is 1.62. The second-order valence-electron chi connectivity index (χ2n) is 5.38. The largest absolute Gasteiger partial charge is 0.497 e. The van der Waals surface area contributed by atoms with Gasteiger partial charge in [0, 0.05) is 19.1 Å². The molecular formula is C16H21ClN2O3. The first-order valence-corrected chi connectivity index (χ1v) is 7.92. The number of nitrogens with one attached hydrogen (secondary N) is 1. The fourth-order valence-corrected chi connectivity index (χ4v) is 2.65. The molecule has 120 valence electrons. The van der Waals surface area contributed by atoms with Crippen molar-refractivity contribution in [1.82, 2.24) is 10.2 Å². The number of carbonyl (C=O) groups is 2. The van der Waals surface area contributed by atoms with Gasteiger partial charge in [0.05, 0.1) is 13.5 Å². The Morgan fingerprint density at radius 2 is 1.91 bits per heavy atom. The minimum absolute atomic E-state index is 0.0172. The molecule has 6 heteroatoms. The number of hydrogen-bond acceptors (Lipinski definition) is 3. The van der Waals surface area contributed by atoms with Crippen molar-refractivity contribution < 1.29 is 14.3 Å². The van der Waals surface area contributed by atoms with Gasteiger partial charge in [-0.1, -0.05) is 12.1 Å². The van der Waals surface area contributed by atoms with Crippen LogP contribution in [0.2, 0.25) is 0 Å². The van der Waals surface area contributed by atoms with Crippen LogP contribution in [0.1, 0.15) is 18.4 Å². The second-order valence-corrected chi connectivity index (χ2v) is 5.65. The molecule has 5 nitrogen and oxygen atoms in total. The van der Waals surface area contributed by atoms with Crippen molar-refractivity contribution in [2.75, 3.05) is 26.1 Å². The molecule has 1 fully saturated rings. The Morgan fingerprint density at radius 1 is 1.27 bits per heavy atom. The van der Waals surface area contributed by atoms with Crippen LogP contribution in [0.4, 0.5) is 0 Å². The zero-order valence-corrected chi connectivity index (χ0v) is 13.4. The zero-order valence-electron chi connectivity index (χ0n) is 12.7. The highest BCUT2D eigenvalue weighted by molar-refractivity contribution is 6.27. The zero-order chi connectivity index (χ0) is 15.9. The molecule has 2 amide bonds. The van der Waals surface area contributed by atoms with Gasteiger partial charge in [0.1, 0.15) is 11.6 Å². The highest BCUT2D eigenvalue weighted by Gasteiger charge is 2.23. The number of nitrogens with zero attached hydrogens (tertiary/aromatic N) is 1. The SMILES string of the molecule is COc1ccc(CC(=O)N2CCC(NC(=O)CCl)CC2)cc1. The smallest absolute Gasteiger partial charge is 0.235 e. The van der Waals surface area contributed by atoms with Crippen LogP contribution in [0.25, 0.3) is 0 Å². The van der Waals surface area contributed by atoms with Crippen molar-refractivity contribution in [1.29, 1.82) is 0 Å². The van der Waals surface area contributed by atoms with E-state index in [9.17, 15) is 9.59 Å². The van der Waals surface area contributed by atoms with Gasteiger partial charge in [-0.2, -0.15) is 0 Å². The molecule has 1 saturated heterocycles. The van der Waals surface area contributed by atoms with E-state index in [-0.39, 0.29) is 23.7 Å². The predicted octanol–water partition coefficient (Wildman–Crippen LogP) is 1.58. The minimum Gasteiger partial charge on any atom is -0.497 e. The first kappa shape index (κ1) is 16.6. The molecule has 1 aromatic carbocycles. The number of rotatable bonds is 5. The first-order valence-electron chi connectivity index (χ1n) is 7.38. The average molecular weight is 325 g/mol. The number of hydrogen-bond donors (Lipinski definition) is 1. The molecule has 0 saturated carbocycles. The maximum absolute atomic E-state index is 12.3. The molecule has 0 spiro atoms. The quantitative estimate of drug-likeness (QED) is 0.837. The van der Waals surface area contributed by atoms with Gasteiger partial charge in [-0.3, -0.25) is 9.59 Å². The standard InChI is InChI=1S/C16H21ClN2O3/c1-22-14-4-2-12(3-5-14)10-16(21)19-8-6-13(7-9-19)18-15(20)11-17/h2-5,13H,6-11H2,1H3,(H,18,20). The van der Waals surface area contributed by atoms with Crippen molar-refractivity contribution in [2.24, 2.45) is 0 Å². The van der Waals surface area contributed by atoms with Crippen molar-refractivity contribution in [3.63, 3.8) is 0 Å². The van der Waals surface area contributed by atoms with Crippen LogP contribution in [0.5, 0.6) is 5.75 Å². The molecule has 0 unspecified atom stereocenters. The molecule has 0 radical (unpaired) electrons. The highest BCUT2D eigenvalue weighted by Crippen LogP contribution is 2.15. The Hall–Kier alpha value is -1.75. The fraction of sp³-hybridized carbons (Fsp3) is 0.500. The van der Waals surface area contributed by atoms with E-state index in [1.54, 1.807) is 7.11 Å². The maximum Gasteiger partial charge on any atom is 0.235 e. The fourth-order valence-electron chi connectivity index (χ4n) is 2.57. The molecule has 22 heavy (non-hydrogen) atoms. The van der Waals surface area contributed by atoms with E-state index >= 15 is 0 Å². The molecular weight excluding hydrogens is 304 g/mol. The van der Waals surface area contributed by atoms with Crippen molar-refractivity contribution in [3.05, 3.63) is 29.8 Å². The van der Waals surface area contributed by atoms with Gasteiger partial charge >= 0.3 is 0 Å². The van der Waals surface area contributed by atoms with Gasteiger partial charge in [-0.05, 0) is 30.5 Å². The normalized spacial score (nSPS) is 15.5. The van der Waals surface area contributed by atoms with E-state index in [4.69, 9.17) is 16.3 Å². The summed E-state index contributed by atoms with van der Waals surface area (Å²) in [4.78, 5) is 25.4. The summed E-state index contributed by atoms with van der Waals surface area (Å²) >= 11 is 5.48. The monoisotopic (exact) mass is 324 g/mol. The Balaban J connectivity index is 1.80. The van der Waals surface area contributed by atoms with Gasteiger partial charge in [0.25, 0.3) is 0 Å². The molecule has 0 aliphatic carbocycles. The number of benzene rings is 1. The van der Waals surface area contributed by atoms with E-state index in [1.807, 2.05) is 29.2 Å². The van der Waals surface area contributed by atoms with Crippen LogP contribution in [-0.2, 0) is 16.0 Å². The molecule has 1 aromatic rings. The number of amides is 2. The maximum atomic E-state index is 12.3. The molecule has 1 heterocycles. The van der Waals surface area contributed by atoms with Crippen LogP contribution < -0.4 is 10.1 Å². The number of halogens is 1. The molecule has 1 aliphatic heterocycles. The second kappa shape index (κ2) is 8.03. The first-order chi connectivity index (χ1) is 10.6. The lowest BCUT2D eigenvalue weighted by atomic mass is 10.0. The summed E-state index contributed by atoms with van der Waals surface area (Å²) in [5.74, 6) is 0.736. The van der Waals surface area contributed by atoms with Gasteiger partial charge < -0.3 is 15.0 Å². The third-order valence-electron chi connectivity index (χ3n) is 3.85. The lowest BCUT2D eigenvalue weighted by Crippen LogP contribution is -2.47. The Morgan fingerprint density at radius 3 is 2.45 bits per heavy atom. The summed E-state index contributed by atoms with van der Waals surface area (Å²) in [6.45, 7) is 1.34. The third kappa shape index (κ3) is 4.63. The summed E-state index contributed by atoms with van der Waals surface area (Å²) in [5, 5.41) is 2.87. The van der Waals surface area contributed by atoms with E-state index in [0.717, 1.165) is 24.2 Å². The van der Waals surface area contributed by atoms with Gasteiger partial charge in [0.15, 0.2) is 0 Å². The Kier molecular flexibility index (Phi) is 6.07. The molecule has 0 atom stereocenters. The third-order valence-corrected chi connectivity index (χ3v) is 4.09. The van der Waals surface area contributed by atoms with E-state index in [1.165, 1.54) is 0 Å². The lowest BCUT2D eigenvalue weighted by molar-refractivity contribution is -0.131. The minimum atomic E-state index is -0.148. The van der Waals surface area contributed by atoms with Crippen LogP contribution >= 0.6 is 11.6 Å². The van der Waals surface area contributed by atoms with E-state index < -0.39 is 0 Å². The lowest BCUT2D eigenvalue weighted by Gasteiger charge is -2.32. The molecule has 2 rings (SSSR count). The summed E-state index contributed by atoms with van der Waals surface area (Å²) in [6.07, 6.45) is 1.94. The highest BCUT2D eigenvalue weighted by atomic mass is 35.5. The predicted molar refractivity (Wildman–Crippen MR) is 85.2 cm³/mol. The molecule has 0 bridgehead atoms. The summed E-state index contributed by atoms with van der Waals surface area (Å²) < 4.78 is 5.10. The van der Waals surface area contributed by atoms with Crippen LogP contribution in [0.3, 0.4) is 0 Å². The van der Waals surface area contributed by atoms with Crippen LogP contribution in [0.15, 0.2) is 24.3 Å².